The van der Waals surface area contributed by atoms with Crippen molar-refractivity contribution in [3.8, 4) is 0 Å². The van der Waals surface area contributed by atoms with Gasteiger partial charge in [0.2, 0.25) is 0 Å². The highest BCUT2D eigenvalue weighted by molar-refractivity contribution is 5.80. The number of aromatic nitrogens is 2. The van der Waals surface area contributed by atoms with Crippen molar-refractivity contribution >= 4 is 12.1 Å². The van der Waals surface area contributed by atoms with E-state index in [0.29, 0.717) is 26.2 Å². The first-order chi connectivity index (χ1) is 11.2. The Morgan fingerprint density at radius 2 is 2.00 bits per heavy atom. The van der Waals surface area contributed by atoms with Crippen molar-refractivity contribution in [2.45, 2.75) is 20.4 Å². The topological polar surface area (TPSA) is 75.0 Å². The summed E-state index contributed by atoms with van der Waals surface area (Å²) in [7, 11) is 0. The van der Waals surface area contributed by atoms with Gasteiger partial charge in [-0.15, -0.1) is 0 Å². The van der Waals surface area contributed by atoms with E-state index in [0.717, 1.165) is 32.1 Å². The Bertz CT molecular complexity index is 494. The number of ether oxygens (including phenoxy) is 1. The number of carbonyl (C=O) groups is 1. The van der Waals surface area contributed by atoms with Crippen LogP contribution in [0, 0.1) is 0 Å². The minimum absolute atomic E-state index is 0.229. The van der Waals surface area contributed by atoms with Crippen molar-refractivity contribution in [2.75, 3.05) is 45.9 Å². The van der Waals surface area contributed by atoms with Crippen molar-refractivity contribution in [3.05, 3.63) is 18.5 Å². The summed E-state index contributed by atoms with van der Waals surface area (Å²) >= 11 is 0. The SMILES string of the molecule is CCNC(=NCCn1cccn1)N1CCN(C(=O)OCC)CC1. The lowest BCUT2D eigenvalue weighted by Gasteiger charge is -2.35. The Hall–Kier alpha value is -2.25. The highest BCUT2D eigenvalue weighted by Crippen LogP contribution is 2.04. The van der Waals surface area contributed by atoms with E-state index >= 15 is 0 Å². The molecule has 0 radical (unpaired) electrons. The van der Waals surface area contributed by atoms with Crippen LogP contribution in [0.4, 0.5) is 4.79 Å². The number of aliphatic imine (C=N–C) groups is 1. The van der Waals surface area contributed by atoms with E-state index in [2.05, 4.69) is 27.2 Å². The molecular weight excluding hydrogens is 296 g/mol. The van der Waals surface area contributed by atoms with Crippen LogP contribution < -0.4 is 5.32 Å². The van der Waals surface area contributed by atoms with E-state index in [-0.39, 0.29) is 6.09 Å². The first kappa shape index (κ1) is 17.1. The van der Waals surface area contributed by atoms with Crippen molar-refractivity contribution in [1.29, 1.82) is 0 Å². The van der Waals surface area contributed by atoms with Gasteiger partial charge in [-0.05, 0) is 19.9 Å². The Balaban J connectivity index is 1.85. The van der Waals surface area contributed by atoms with E-state index < -0.39 is 0 Å². The molecule has 1 N–H and O–H groups in total. The first-order valence-corrected chi connectivity index (χ1v) is 8.17. The second-order valence-electron chi connectivity index (χ2n) is 5.18. The molecule has 1 aliphatic heterocycles. The fourth-order valence-corrected chi connectivity index (χ4v) is 2.43. The standard InChI is InChI=1S/C15H26N6O2/c1-3-16-14(17-7-9-21-8-5-6-18-21)19-10-12-20(13-11-19)15(22)23-4-2/h5-6,8H,3-4,7,9-13H2,1-2H3,(H,16,17). The van der Waals surface area contributed by atoms with Gasteiger partial charge >= 0.3 is 6.09 Å². The Labute approximate surface area is 137 Å². The molecular formula is C15H26N6O2. The maximum Gasteiger partial charge on any atom is 0.409 e. The average Bonchev–Trinajstić information content (AvgIpc) is 3.08. The van der Waals surface area contributed by atoms with E-state index in [1.807, 2.05) is 23.9 Å². The molecule has 1 amide bonds. The first-order valence-electron chi connectivity index (χ1n) is 8.17. The predicted molar refractivity (Wildman–Crippen MR) is 88.4 cm³/mol. The molecule has 23 heavy (non-hydrogen) atoms. The zero-order valence-electron chi connectivity index (χ0n) is 13.9. The van der Waals surface area contributed by atoms with Crippen molar-refractivity contribution in [2.24, 2.45) is 4.99 Å². The minimum Gasteiger partial charge on any atom is -0.450 e. The summed E-state index contributed by atoms with van der Waals surface area (Å²) in [6, 6.07) is 1.91. The van der Waals surface area contributed by atoms with Gasteiger partial charge in [0.25, 0.3) is 0 Å². The van der Waals surface area contributed by atoms with Crippen LogP contribution in [0.2, 0.25) is 0 Å². The summed E-state index contributed by atoms with van der Waals surface area (Å²) in [6.45, 7) is 9.35. The summed E-state index contributed by atoms with van der Waals surface area (Å²) in [5, 5.41) is 7.49. The molecule has 0 spiro atoms. The quantitative estimate of drug-likeness (QED) is 0.635. The molecule has 0 aromatic carbocycles. The maximum atomic E-state index is 11.7. The van der Waals surface area contributed by atoms with Gasteiger partial charge in [-0.1, -0.05) is 0 Å². The molecule has 0 bridgehead atoms. The maximum absolute atomic E-state index is 11.7. The lowest BCUT2D eigenvalue weighted by molar-refractivity contribution is 0.0914. The largest absolute Gasteiger partial charge is 0.450 e. The van der Waals surface area contributed by atoms with E-state index in [4.69, 9.17) is 4.74 Å². The number of hydrogen-bond donors (Lipinski definition) is 1. The lowest BCUT2D eigenvalue weighted by Crippen LogP contribution is -2.54. The third kappa shape index (κ3) is 5.15. The zero-order chi connectivity index (χ0) is 16.5. The normalized spacial score (nSPS) is 15.7. The van der Waals surface area contributed by atoms with E-state index in [1.54, 1.807) is 11.1 Å². The fraction of sp³-hybridized carbons (Fsp3) is 0.667. The number of piperazine rings is 1. The van der Waals surface area contributed by atoms with Crippen LogP contribution in [0.15, 0.2) is 23.5 Å². The number of rotatable bonds is 5. The summed E-state index contributed by atoms with van der Waals surface area (Å²) in [5.41, 5.74) is 0. The predicted octanol–water partition coefficient (Wildman–Crippen LogP) is 0.623. The van der Waals surface area contributed by atoms with Crippen LogP contribution >= 0.6 is 0 Å². The van der Waals surface area contributed by atoms with Gasteiger partial charge in [0.15, 0.2) is 5.96 Å². The molecule has 2 rings (SSSR count). The van der Waals surface area contributed by atoms with Gasteiger partial charge in [-0.2, -0.15) is 5.10 Å². The second-order valence-corrected chi connectivity index (χ2v) is 5.18. The van der Waals surface area contributed by atoms with Gasteiger partial charge < -0.3 is 19.9 Å². The Morgan fingerprint density at radius 3 is 2.61 bits per heavy atom. The van der Waals surface area contributed by atoms with Crippen LogP contribution in [0.3, 0.4) is 0 Å². The van der Waals surface area contributed by atoms with Crippen molar-refractivity contribution in [1.82, 2.24) is 24.9 Å². The summed E-state index contributed by atoms with van der Waals surface area (Å²) in [5.74, 6) is 0.892. The van der Waals surface area contributed by atoms with Crippen LogP contribution in [0.5, 0.6) is 0 Å². The van der Waals surface area contributed by atoms with Crippen LogP contribution in [0.1, 0.15) is 13.8 Å². The molecule has 1 aliphatic rings. The van der Waals surface area contributed by atoms with Gasteiger partial charge in [-0.25, -0.2) is 4.79 Å². The van der Waals surface area contributed by atoms with Crippen LogP contribution in [-0.2, 0) is 11.3 Å². The summed E-state index contributed by atoms with van der Waals surface area (Å²) in [4.78, 5) is 20.3. The highest BCUT2D eigenvalue weighted by atomic mass is 16.6. The smallest absolute Gasteiger partial charge is 0.409 e. The van der Waals surface area contributed by atoms with E-state index in [9.17, 15) is 4.79 Å². The minimum atomic E-state index is -0.229. The number of carbonyl (C=O) groups excluding carboxylic acids is 1. The number of nitrogens with zero attached hydrogens (tertiary/aromatic N) is 5. The molecule has 0 saturated carbocycles. The third-order valence-corrected chi connectivity index (χ3v) is 3.59. The van der Waals surface area contributed by atoms with Gasteiger partial charge in [-0.3, -0.25) is 9.67 Å². The van der Waals surface area contributed by atoms with Gasteiger partial charge in [0, 0.05) is 45.1 Å². The fourth-order valence-electron chi connectivity index (χ4n) is 2.43. The monoisotopic (exact) mass is 322 g/mol. The zero-order valence-corrected chi connectivity index (χ0v) is 13.9. The molecule has 8 heteroatoms. The third-order valence-electron chi connectivity index (χ3n) is 3.59. The molecule has 0 atom stereocenters. The molecule has 128 valence electrons. The van der Waals surface area contributed by atoms with Gasteiger partial charge in [0.1, 0.15) is 0 Å². The molecule has 0 aliphatic carbocycles. The molecule has 1 saturated heterocycles. The van der Waals surface area contributed by atoms with Crippen LogP contribution in [0.25, 0.3) is 0 Å². The number of guanidine groups is 1. The Morgan fingerprint density at radius 1 is 1.26 bits per heavy atom. The Kier molecular flexibility index (Phi) is 6.71. The lowest BCUT2D eigenvalue weighted by atomic mass is 10.3. The second kappa shape index (κ2) is 9.02. The van der Waals surface area contributed by atoms with Crippen molar-refractivity contribution < 1.29 is 9.53 Å². The number of amides is 1. The average molecular weight is 322 g/mol. The number of nitrogens with one attached hydrogen (secondary N) is 1. The molecule has 1 fully saturated rings. The molecule has 0 unspecified atom stereocenters. The summed E-state index contributed by atoms with van der Waals surface area (Å²) in [6.07, 6.45) is 3.47. The molecule has 1 aromatic rings. The van der Waals surface area contributed by atoms with E-state index in [1.165, 1.54) is 0 Å². The molecule has 2 heterocycles. The van der Waals surface area contributed by atoms with Crippen molar-refractivity contribution in [3.63, 3.8) is 0 Å². The van der Waals surface area contributed by atoms with Gasteiger partial charge in [0.05, 0.1) is 19.7 Å². The summed E-state index contributed by atoms with van der Waals surface area (Å²) < 4.78 is 6.91. The highest BCUT2D eigenvalue weighted by Gasteiger charge is 2.23. The van der Waals surface area contributed by atoms with Crippen LogP contribution in [-0.4, -0.2) is 77.5 Å². The molecule has 1 aromatic heterocycles. The molecule has 8 nitrogen and oxygen atoms in total. The number of hydrogen-bond acceptors (Lipinski definition) is 4.